The van der Waals surface area contributed by atoms with Crippen LogP contribution >= 0.6 is 11.3 Å². The van der Waals surface area contributed by atoms with Crippen LogP contribution in [-0.2, 0) is 16.8 Å². The number of ether oxygens (including phenoxy) is 1. The highest BCUT2D eigenvalue weighted by molar-refractivity contribution is 7.09. The molecule has 0 spiro atoms. The van der Waals surface area contributed by atoms with Gasteiger partial charge in [-0.3, -0.25) is 9.69 Å². The predicted octanol–water partition coefficient (Wildman–Crippen LogP) is 4.80. The molecule has 1 aliphatic heterocycles. The molecule has 1 aliphatic rings. The highest BCUT2D eigenvalue weighted by Crippen LogP contribution is 2.33. The first kappa shape index (κ1) is 24.8. The van der Waals surface area contributed by atoms with Crippen LogP contribution < -0.4 is 5.56 Å². The van der Waals surface area contributed by atoms with Crippen LogP contribution in [0.5, 0.6) is 0 Å². The summed E-state index contributed by atoms with van der Waals surface area (Å²) in [6, 6.07) is 11.9. The van der Waals surface area contributed by atoms with Crippen molar-refractivity contribution in [2.75, 3.05) is 13.2 Å². The fraction of sp³-hybridized carbons (Fsp3) is 0.481. The van der Waals surface area contributed by atoms with Gasteiger partial charge in [0.1, 0.15) is 6.04 Å². The quantitative estimate of drug-likeness (QED) is 0.351. The lowest BCUT2D eigenvalue weighted by Gasteiger charge is -2.34. The van der Waals surface area contributed by atoms with E-state index in [1.165, 1.54) is 4.88 Å². The molecule has 1 fully saturated rings. The summed E-state index contributed by atoms with van der Waals surface area (Å²) < 4.78 is 7.96. The van der Waals surface area contributed by atoms with Crippen LogP contribution in [0.3, 0.4) is 0 Å². The largest absolute Gasteiger partial charge is 0.377 e. The van der Waals surface area contributed by atoms with E-state index in [-0.39, 0.29) is 17.2 Å². The number of thiophene rings is 1. The zero-order valence-electron chi connectivity index (χ0n) is 21.4. The van der Waals surface area contributed by atoms with E-state index in [1.807, 2.05) is 35.9 Å². The highest BCUT2D eigenvalue weighted by atomic mass is 32.1. The van der Waals surface area contributed by atoms with E-state index in [4.69, 9.17) is 4.74 Å². The van der Waals surface area contributed by atoms with Gasteiger partial charge in [-0.1, -0.05) is 31.2 Å². The first-order chi connectivity index (χ1) is 17.4. The first-order valence-corrected chi connectivity index (χ1v) is 13.5. The van der Waals surface area contributed by atoms with Gasteiger partial charge in [0.05, 0.1) is 17.2 Å². The number of aromatic amines is 1. The summed E-state index contributed by atoms with van der Waals surface area (Å²) >= 11 is 1.72. The molecule has 0 bridgehead atoms. The van der Waals surface area contributed by atoms with Gasteiger partial charge in [-0.05, 0) is 78.9 Å². The Balaban J connectivity index is 1.70. The Kier molecular flexibility index (Phi) is 7.05. The van der Waals surface area contributed by atoms with Crippen molar-refractivity contribution in [2.45, 2.75) is 71.2 Å². The molecule has 1 aromatic carbocycles. The molecule has 8 nitrogen and oxygen atoms in total. The third kappa shape index (κ3) is 4.87. The molecule has 4 aromatic rings. The van der Waals surface area contributed by atoms with Gasteiger partial charge in [-0.25, -0.2) is 4.68 Å². The van der Waals surface area contributed by atoms with E-state index in [0.717, 1.165) is 42.3 Å². The van der Waals surface area contributed by atoms with Gasteiger partial charge in [0, 0.05) is 30.1 Å². The minimum absolute atomic E-state index is 0.109. The van der Waals surface area contributed by atoms with Crippen LogP contribution in [0.25, 0.3) is 10.9 Å². The minimum Gasteiger partial charge on any atom is -0.377 e. The second-order valence-electron chi connectivity index (χ2n) is 10.3. The maximum atomic E-state index is 13.7. The summed E-state index contributed by atoms with van der Waals surface area (Å²) in [4.78, 5) is 20.4. The lowest BCUT2D eigenvalue weighted by Crippen LogP contribution is -2.41. The Hall–Kier alpha value is -2.88. The second kappa shape index (κ2) is 10.2. The number of aryl methyl sites for hydroxylation is 1. The normalized spacial score (nSPS) is 17.3. The zero-order chi connectivity index (χ0) is 25.3. The SMILES string of the molecule is CCC(C)(C)n1nnnc1[C@@H](c1cc2cccc(C)c2[nH]c1=O)N(Cc1cccs1)C[C@@H]1CCCO1. The van der Waals surface area contributed by atoms with Crippen LogP contribution in [0.1, 0.15) is 67.9 Å². The predicted molar refractivity (Wildman–Crippen MR) is 142 cm³/mol. The van der Waals surface area contributed by atoms with Gasteiger partial charge >= 0.3 is 0 Å². The van der Waals surface area contributed by atoms with Crippen molar-refractivity contribution < 1.29 is 4.74 Å². The number of fused-ring (bicyclic) bond motifs is 1. The van der Waals surface area contributed by atoms with Gasteiger partial charge in [0.2, 0.25) is 0 Å². The maximum Gasteiger partial charge on any atom is 0.253 e. The molecule has 36 heavy (non-hydrogen) atoms. The van der Waals surface area contributed by atoms with Crippen LogP contribution in [0.2, 0.25) is 0 Å². The Bertz CT molecular complexity index is 1370. The van der Waals surface area contributed by atoms with Crippen LogP contribution in [-0.4, -0.2) is 49.3 Å². The number of nitrogens with one attached hydrogen (secondary N) is 1. The van der Waals surface area contributed by atoms with Crippen molar-refractivity contribution in [3.05, 3.63) is 74.0 Å². The van der Waals surface area contributed by atoms with Gasteiger partial charge in [0.15, 0.2) is 5.82 Å². The molecule has 4 heterocycles. The number of rotatable bonds is 9. The molecular weight excluding hydrogens is 472 g/mol. The lowest BCUT2D eigenvalue weighted by atomic mass is 9.98. The molecular formula is C27H34N6O2S. The monoisotopic (exact) mass is 506 g/mol. The number of aromatic nitrogens is 5. The summed E-state index contributed by atoms with van der Waals surface area (Å²) in [7, 11) is 0. The van der Waals surface area contributed by atoms with Crippen LogP contribution in [0, 0.1) is 6.92 Å². The van der Waals surface area contributed by atoms with Crippen molar-refractivity contribution in [3.63, 3.8) is 0 Å². The average molecular weight is 507 g/mol. The molecule has 0 amide bonds. The third-order valence-corrected chi connectivity index (χ3v) is 8.22. The van der Waals surface area contributed by atoms with Gasteiger partial charge in [0.25, 0.3) is 5.56 Å². The molecule has 1 saturated heterocycles. The fourth-order valence-corrected chi connectivity index (χ4v) is 5.69. The summed E-state index contributed by atoms with van der Waals surface area (Å²) in [5.74, 6) is 0.675. The number of hydrogen-bond donors (Lipinski definition) is 1. The molecule has 0 radical (unpaired) electrons. The number of hydrogen-bond acceptors (Lipinski definition) is 7. The Morgan fingerprint density at radius 2 is 2.17 bits per heavy atom. The van der Waals surface area contributed by atoms with Crippen molar-refractivity contribution in [1.82, 2.24) is 30.1 Å². The lowest BCUT2D eigenvalue weighted by molar-refractivity contribution is 0.0566. The molecule has 0 aliphatic carbocycles. The molecule has 3 aromatic heterocycles. The number of para-hydroxylation sites is 1. The summed E-state index contributed by atoms with van der Waals surface area (Å²) in [6.45, 7) is 10.5. The summed E-state index contributed by atoms with van der Waals surface area (Å²) in [5.41, 5.74) is 2.12. The Labute approximate surface area is 215 Å². The van der Waals surface area contributed by atoms with Crippen molar-refractivity contribution in [2.24, 2.45) is 0 Å². The topological polar surface area (TPSA) is 88.9 Å². The minimum atomic E-state index is -0.439. The Morgan fingerprint density at radius 3 is 2.89 bits per heavy atom. The summed E-state index contributed by atoms with van der Waals surface area (Å²) in [6.07, 6.45) is 3.02. The fourth-order valence-electron chi connectivity index (χ4n) is 4.96. The van der Waals surface area contributed by atoms with Crippen LogP contribution in [0.15, 0.2) is 46.6 Å². The molecule has 9 heteroatoms. The van der Waals surface area contributed by atoms with Gasteiger partial charge in [-0.15, -0.1) is 16.4 Å². The van der Waals surface area contributed by atoms with E-state index in [0.29, 0.717) is 24.5 Å². The van der Waals surface area contributed by atoms with E-state index in [2.05, 4.69) is 63.7 Å². The summed E-state index contributed by atoms with van der Waals surface area (Å²) in [5, 5.41) is 16.1. The van der Waals surface area contributed by atoms with Crippen LogP contribution in [0.4, 0.5) is 0 Å². The van der Waals surface area contributed by atoms with E-state index < -0.39 is 6.04 Å². The highest BCUT2D eigenvalue weighted by Gasteiger charge is 2.36. The van der Waals surface area contributed by atoms with E-state index in [1.54, 1.807) is 11.3 Å². The molecule has 0 saturated carbocycles. The number of nitrogens with zero attached hydrogens (tertiary/aromatic N) is 5. The van der Waals surface area contributed by atoms with Gasteiger partial charge < -0.3 is 9.72 Å². The number of benzene rings is 1. The van der Waals surface area contributed by atoms with E-state index in [9.17, 15) is 4.79 Å². The first-order valence-electron chi connectivity index (χ1n) is 12.7. The van der Waals surface area contributed by atoms with Crippen molar-refractivity contribution in [3.8, 4) is 0 Å². The molecule has 0 unspecified atom stereocenters. The van der Waals surface area contributed by atoms with E-state index >= 15 is 0 Å². The maximum absolute atomic E-state index is 13.7. The van der Waals surface area contributed by atoms with Crippen molar-refractivity contribution >= 4 is 22.2 Å². The molecule has 190 valence electrons. The smallest absolute Gasteiger partial charge is 0.253 e. The number of tetrazole rings is 1. The molecule has 5 rings (SSSR count). The molecule has 2 atom stereocenters. The van der Waals surface area contributed by atoms with Crippen molar-refractivity contribution in [1.29, 1.82) is 0 Å². The second-order valence-corrected chi connectivity index (χ2v) is 11.3. The third-order valence-electron chi connectivity index (χ3n) is 7.35. The molecule has 1 N–H and O–H groups in total. The Morgan fingerprint density at radius 1 is 1.31 bits per heavy atom. The standard InChI is InChI=1S/C27H34N6O2S/c1-5-27(3,4)33-25(29-30-31-33)24(22-15-19-10-6-9-18(2)23(19)28-26(22)34)32(16-20-11-7-13-35-20)17-21-12-8-14-36-21/h6,8-10,12,14-15,20,24H,5,7,11,13,16-17H2,1-4H3,(H,28,34)/t20-,24+/m0/s1. The number of pyridine rings is 1. The number of H-pyrrole nitrogens is 1. The average Bonchev–Trinajstić information content (AvgIpc) is 3.64. The zero-order valence-corrected chi connectivity index (χ0v) is 22.2. The van der Waals surface area contributed by atoms with Gasteiger partial charge in [-0.2, -0.15) is 0 Å².